The minimum atomic E-state index is -1.43. The number of hydrogen-bond donors (Lipinski definition) is 1. The number of carbonyl (C=O) groups excluding carboxylic acids is 2. The highest BCUT2D eigenvalue weighted by molar-refractivity contribution is 5.84. The van der Waals surface area contributed by atoms with E-state index in [-0.39, 0.29) is 19.3 Å². The zero-order valence-electron chi connectivity index (χ0n) is 10.6. The number of aliphatic carboxylic acids is 1. The second kappa shape index (κ2) is 6.33. The number of rotatable bonds is 8. The maximum Gasteiger partial charge on any atom is 0.330 e. The van der Waals surface area contributed by atoms with Crippen molar-refractivity contribution in [1.29, 1.82) is 0 Å². The lowest BCUT2D eigenvalue weighted by molar-refractivity contribution is -0.166. The van der Waals surface area contributed by atoms with Gasteiger partial charge in [-0.3, -0.25) is 9.59 Å². The molecule has 1 heterocycles. The molecule has 2 unspecified atom stereocenters. The predicted octanol–water partition coefficient (Wildman–Crippen LogP) is 0.139. The van der Waals surface area contributed by atoms with Gasteiger partial charge in [-0.25, -0.2) is 4.79 Å². The molecule has 1 aliphatic rings. The molecule has 0 spiro atoms. The average molecular weight is 272 g/mol. The topological polar surface area (TPSA) is 102 Å². The minimum Gasteiger partial charge on any atom is -0.481 e. The van der Waals surface area contributed by atoms with Crippen molar-refractivity contribution < 1.29 is 33.7 Å². The van der Waals surface area contributed by atoms with E-state index in [0.29, 0.717) is 6.61 Å². The van der Waals surface area contributed by atoms with E-state index in [4.69, 9.17) is 19.3 Å². The molecule has 0 bridgehead atoms. The lowest BCUT2D eigenvalue weighted by atomic mass is 9.88. The third-order valence-corrected chi connectivity index (χ3v) is 2.54. The highest BCUT2D eigenvalue weighted by Crippen LogP contribution is 2.25. The van der Waals surface area contributed by atoms with Gasteiger partial charge < -0.3 is 19.3 Å². The maximum atomic E-state index is 11.9. The van der Waals surface area contributed by atoms with Gasteiger partial charge in [0.2, 0.25) is 0 Å². The summed E-state index contributed by atoms with van der Waals surface area (Å²) in [7, 11) is 0. The molecule has 0 radical (unpaired) electrons. The van der Waals surface area contributed by atoms with Crippen LogP contribution in [-0.2, 0) is 28.6 Å². The second-order valence-corrected chi connectivity index (χ2v) is 4.50. The summed E-state index contributed by atoms with van der Waals surface area (Å²) in [4.78, 5) is 33.6. The van der Waals surface area contributed by atoms with Gasteiger partial charge in [-0.05, 0) is 6.92 Å². The van der Waals surface area contributed by atoms with Gasteiger partial charge in [-0.2, -0.15) is 0 Å². The summed E-state index contributed by atoms with van der Waals surface area (Å²) in [6.45, 7) is 4.79. The summed E-state index contributed by atoms with van der Waals surface area (Å²) >= 11 is 0. The summed E-state index contributed by atoms with van der Waals surface area (Å²) in [5.74, 6) is -2.64. The average Bonchev–Trinajstić information content (AvgIpc) is 3.16. The van der Waals surface area contributed by atoms with Gasteiger partial charge in [0, 0.05) is 6.08 Å². The second-order valence-electron chi connectivity index (χ2n) is 4.50. The molecular formula is C12H16O7. The van der Waals surface area contributed by atoms with Gasteiger partial charge in [0.05, 0.1) is 13.0 Å². The Balaban J connectivity index is 2.59. The fraction of sp³-hybridized carbons (Fsp3) is 0.583. The molecule has 1 fully saturated rings. The molecule has 1 N–H and O–H groups in total. The highest BCUT2D eigenvalue weighted by atomic mass is 16.6. The minimum absolute atomic E-state index is 0.0729. The van der Waals surface area contributed by atoms with E-state index in [9.17, 15) is 14.4 Å². The van der Waals surface area contributed by atoms with Gasteiger partial charge in [0.1, 0.15) is 24.7 Å². The first-order valence-electron chi connectivity index (χ1n) is 5.67. The highest BCUT2D eigenvalue weighted by Gasteiger charge is 2.40. The summed E-state index contributed by atoms with van der Waals surface area (Å²) in [6.07, 6.45) is 0.320. The lowest BCUT2D eigenvalue weighted by Gasteiger charge is -2.24. The third kappa shape index (κ3) is 5.09. The summed E-state index contributed by atoms with van der Waals surface area (Å²) < 4.78 is 14.6. The van der Waals surface area contributed by atoms with Crippen LogP contribution < -0.4 is 0 Å². The van der Waals surface area contributed by atoms with Crippen LogP contribution in [0.5, 0.6) is 0 Å². The Morgan fingerprint density at radius 3 is 2.58 bits per heavy atom. The maximum absolute atomic E-state index is 11.9. The molecule has 0 aromatic rings. The fourth-order valence-corrected chi connectivity index (χ4v) is 1.31. The Kier molecular flexibility index (Phi) is 5.05. The number of carbonyl (C=O) groups is 3. The van der Waals surface area contributed by atoms with Crippen molar-refractivity contribution in [3.63, 3.8) is 0 Å². The third-order valence-electron chi connectivity index (χ3n) is 2.54. The van der Waals surface area contributed by atoms with Crippen LogP contribution >= 0.6 is 0 Å². The molecule has 0 aromatic heterocycles. The quantitative estimate of drug-likeness (QED) is 0.381. The van der Waals surface area contributed by atoms with Crippen LogP contribution in [0.2, 0.25) is 0 Å². The number of esters is 2. The number of carboxylic acid groups (broad SMARTS) is 1. The summed E-state index contributed by atoms with van der Waals surface area (Å²) in [5.41, 5.74) is -1.43. The van der Waals surface area contributed by atoms with E-state index in [1.807, 2.05) is 0 Å². The van der Waals surface area contributed by atoms with E-state index in [2.05, 4.69) is 6.58 Å². The molecule has 19 heavy (non-hydrogen) atoms. The molecular weight excluding hydrogens is 256 g/mol. The van der Waals surface area contributed by atoms with E-state index in [1.165, 1.54) is 6.92 Å². The van der Waals surface area contributed by atoms with Crippen molar-refractivity contribution in [2.24, 2.45) is 5.41 Å². The number of epoxide rings is 1. The largest absolute Gasteiger partial charge is 0.481 e. The van der Waals surface area contributed by atoms with E-state index in [1.54, 1.807) is 0 Å². The van der Waals surface area contributed by atoms with Gasteiger partial charge in [0.25, 0.3) is 0 Å². The van der Waals surface area contributed by atoms with Crippen molar-refractivity contribution in [2.75, 3.05) is 19.8 Å². The standard InChI is InChI=1S/C12H16O7/c1-3-10(15)19-7-12(2,4-9(13)14)11(16)18-6-8-5-17-8/h3,8H,1,4-7H2,2H3,(H,13,14). The van der Waals surface area contributed by atoms with Crippen LogP contribution in [0, 0.1) is 5.41 Å². The molecule has 0 aromatic carbocycles. The van der Waals surface area contributed by atoms with Crippen molar-refractivity contribution in [3.05, 3.63) is 12.7 Å². The molecule has 1 rings (SSSR count). The molecule has 1 saturated heterocycles. The van der Waals surface area contributed by atoms with Gasteiger partial charge in [-0.1, -0.05) is 6.58 Å². The molecule has 0 saturated carbocycles. The Morgan fingerprint density at radius 2 is 2.11 bits per heavy atom. The smallest absolute Gasteiger partial charge is 0.330 e. The van der Waals surface area contributed by atoms with Crippen molar-refractivity contribution in [2.45, 2.75) is 19.4 Å². The molecule has 0 aliphatic carbocycles. The lowest BCUT2D eigenvalue weighted by Crippen LogP contribution is -2.38. The summed E-state index contributed by atoms with van der Waals surface area (Å²) in [6, 6.07) is 0. The first-order chi connectivity index (χ1) is 8.87. The SMILES string of the molecule is C=CC(=O)OCC(C)(CC(=O)O)C(=O)OCC1CO1. The Labute approximate surface area is 110 Å². The Bertz CT molecular complexity index is 386. The Hall–Kier alpha value is -1.89. The van der Waals surface area contributed by atoms with Crippen molar-refractivity contribution in [1.82, 2.24) is 0 Å². The van der Waals surface area contributed by atoms with E-state index < -0.39 is 29.7 Å². The number of carboxylic acids is 1. The molecule has 1 aliphatic heterocycles. The van der Waals surface area contributed by atoms with Crippen LogP contribution in [0.1, 0.15) is 13.3 Å². The van der Waals surface area contributed by atoms with Gasteiger partial charge >= 0.3 is 17.9 Å². The van der Waals surface area contributed by atoms with Crippen molar-refractivity contribution in [3.8, 4) is 0 Å². The molecule has 106 valence electrons. The molecule has 7 heteroatoms. The van der Waals surface area contributed by atoms with Crippen molar-refractivity contribution >= 4 is 17.9 Å². The first-order valence-corrected chi connectivity index (χ1v) is 5.67. The van der Waals surface area contributed by atoms with Crippen LogP contribution in [0.25, 0.3) is 0 Å². The predicted molar refractivity (Wildman–Crippen MR) is 62.2 cm³/mol. The van der Waals surface area contributed by atoms with Crippen LogP contribution in [0.4, 0.5) is 0 Å². The fourth-order valence-electron chi connectivity index (χ4n) is 1.31. The zero-order chi connectivity index (χ0) is 14.5. The van der Waals surface area contributed by atoms with E-state index >= 15 is 0 Å². The zero-order valence-corrected chi connectivity index (χ0v) is 10.6. The Morgan fingerprint density at radius 1 is 1.47 bits per heavy atom. The van der Waals surface area contributed by atoms with Gasteiger partial charge in [-0.15, -0.1) is 0 Å². The van der Waals surface area contributed by atoms with Crippen LogP contribution in [0.3, 0.4) is 0 Å². The monoisotopic (exact) mass is 272 g/mol. The molecule has 2 atom stereocenters. The first kappa shape index (κ1) is 15.2. The van der Waals surface area contributed by atoms with Gasteiger partial charge in [0.15, 0.2) is 0 Å². The molecule has 7 nitrogen and oxygen atoms in total. The number of ether oxygens (including phenoxy) is 3. The van der Waals surface area contributed by atoms with Crippen LogP contribution in [-0.4, -0.2) is 48.9 Å². The molecule has 0 amide bonds. The number of hydrogen-bond acceptors (Lipinski definition) is 6. The normalized spacial score (nSPS) is 19.9. The van der Waals surface area contributed by atoms with Crippen LogP contribution in [0.15, 0.2) is 12.7 Å². The summed E-state index contributed by atoms with van der Waals surface area (Å²) in [5, 5.41) is 8.82. The van der Waals surface area contributed by atoms with E-state index in [0.717, 1.165) is 6.08 Å².